The van der Waals surface area contributed by atoms with Crippen molar-refractivity contribution in [3.05, 3.63) is 16.6 Å². The van der Waals surface area contributed by atoms with E-state index in [2.05, 4.69) is 22.6 Å². The first-order valence-electron chi connectivity index (χ1n) is 6.46. The molecule has 1 fully saturated rings. The van der Waals surface area contributed by atoms with E-state index in [9.17, 15) is 0 Å². The van der Waals surface area contributed by atoms with Crippen molar-refractivity contribution in [1.82, 2.24) is 10.3 Å². The van der Waals surface area contributed by atoms with Crippen molar-refractivity contribution < 1.29 is 0 Å². The molecule has 0 aliphatic heterocycles. The van der Waals surface area contributed by atoms with Crippen molar-refractivity contribution >= 4 is 11.3 Å². The van der Waals surface area contributed by atoms with E-state index in [0.29, 0.717) is 0 Å². The van der Waals surface area contributed by atoms with Crippen LogP contribution in [-0.4, -0.2) is 11.5 Å². The average molecular weight is 238 g/mol. The van der Waals surface area contributed by atoms with E-state index in [4.69, 9.17) is 0 Å². The van der Waals surface area contributed by atoms with Crippen molar-refractivity contribution in [3.63, 3.8) is 0 Å². The molecule has 1 saturated carbocycles. The normalized spacial score (nSPS) is 25.8. The number of aromatic nitrogens is 1. The first-order valence-corrected chi connectivity index (χ1v) is 7.40. The third-order valence-corrected chi connectivity index (χ3v) is 4.33. The van der Waals surface area contributed by atoms with Crippen molar-refractivity contribution in [1.29, 1.82) is 0 Å². The molecule has 1 N–H and O–H groups in total. The fourth-order valence-corrected chi connectivity index (χ4v) is 3.25. The Morgan fingerprint density at radius 1 is 1.44 bits per heavy atom. The zero-order valence-corrected chi connectivity index (χ0v) is 10.9. The fourth-order valence-electron chi connectivity index (χ4n) is 2.69. The maximum atomic E-state index is 4.29. The van der Waals surface area contributed by atoms with Gasteiger partial charge in [-0.2, -0.15) is 0 Å². The molecular formula is C13H22N2S. The highest BCUT2D eigenvalue weighted by molar-refractivity contribution is 7.07. The second-order valence-electron chi connectivity index (χ2n) is 4.92. The molecule has 2 nitrogen and oxygen atoms in total. The van der Waals surface area contributed by atoms with Gasteiger partial charge in [0.1, 0.15) is 0 Å². The minimum atomic E-state index is 0.900. The first kappa shape index (κ1) is 12.1. The van der Waals surface area contributed by atoms with Gasteiger partial charge in [0.2, 0.25) is 0 Å². The summed E-state index contributed by atoms with van der Waals surface area (Å²) in [5.74, 6) is 1.89. The molecular weight excluding hydrogens is 216 g/mol. The summed E-state index contributed by atoms with van der Waals surface area (Å²) in [5, 5.41) is 5.67. The molecule has 2 atom stereocenters. The van der Waals surface area contributed by atoms with Crippen molar-refractivity contribution in [2.75, 3.05) is 6.54 Å². The quantitative estimate of drug-likeness (QED) is 0.850. The highest BCUT2D eigenvalue weighted by Gasteiger charge is 2.20. The molecule has 3 heteroatoms. The number of nitrogens with one attached hydrogen (secondary N) is 1. The second-order valence-corrected chi connectivity index (χ2v) is 5.64. The van der Waals surface area contributed by atoms with Crippen LogP contribution in [0.5, 0.6) is 0 Å². The minimum Gasteiger partial charge on any atom is -0.311 e. The molecule has 16 heavy (non-hydrogen) atoms. The molecule has 1 aliphatic rings. The third-order valence-electron chi connectivity index (χ3n) is 3.69. The predicted molar refractivity (Wildman–Crippen MR) is 69.6 cm³/mol. The van der Waals surface area contributed by atoms with Gasteiger partial charge in [0.25, 0.3) is 0 Å². The zero-order valence-electron chi connectivity index (χ0n) is 10.1. The molecule has 1 aliphatic carbocycles. The number of hydrogen-bond donors (Lipinski definition) is 1. The highest BCUT2D eigenvalue weighted by Crippen LogP contribution is 2.30. The minimum absolute atomic E-state index is 0.900. The highest BCUT2D eigenvalue weighted by atomic mass is 32.1. The Hall–Kier alpha value is -0.410. The van der Waals surface area contributed by atoms with Crippen LogP contribution >= 0.6 is 11.3 Å². The van der Waals surface area contributed by atoms with Crippen LogP contribution < -0.4 is 5.32 Å². The van der Waals surface area contributed by atoms with E-state index in [1.807, 2.05) is 5.51 Å². The molecule has 0 aromatic carbocycles. The molecule has 1 heterocycles. The van der Waals surface area contributed by atoms with Crippen LogP contribution in [0, 0.1) is 11.8 Å². The Morgan fingerprint density at radius 3 is 3.06 bits per heavy atom. The van der Waals surface area contributed by atoms with Gasteiger partial charge in [-0.05, 0) is 31.2 Å². The van der Waals surface area contributed by atoms with Crippen molar-refractivity contribution in [2.45, 2.75) is 45.6 Å². The topological polar surface area (TPSA) is 24.9 Å². The number of thiazole rings is 1. The van der Waals surface area contributed by atoms with Crippen LogP contribution in [0.4, 0.5) is 0 Å². The van der Waals surface area contributed by atoms with Gasteiger partial charge in [0.15, 0.2) is 0 Å². The maximum absolute atomic E-state index is 4.29. The summed E-state index contributed by atoms with van der Waals surface area (Å²) in [7, 11) is 0. The van der Waals surface area contributed by atoms with Crippen LogP contribution in [0.1, 0.15) is 44.7 Å². The van der Waals surface area contributed by atoms with E-state index in [1.54, 1.807) is 11.3 Å². The SMILES string of the molecule is CCC1CCCC(CNCc2cscn2)C1. The number of nitrogens with zero attached hydrogens (tertiary/aromatic N) is 1. The maximum Gasteiger partial charge on any atom is 0.0795 e. The summed E-state index contributed by atoms with van der Waals surface area (Å²) in [6.45, 7) is 4.45. The molecule has 0 radical (unpaired) electrons. The van der Waals surface area contributed by atoms with E-state index < -0.39 is 0 Å². The summed E-state index contributed by atoms with van der Waals surface area (Å²) in [5.41, 5.74) is 3.10. The largest absolute Gasteiger partial charge is 0.311 e. The molecule has 0 amide bonds. The van der Waals surface area contributed by atoms with Crippen LogP contribution in [0.2, 0.25) is 0 Å². The molecule has 0 spiro atoms. The Morgan fingerprint density at radius 2 is 2.31 bits per heavy atom. The van der Waals surface area contributed by atoms with Crippen molar-refractivity contribution in [2.24, 2.45) is 11.8 Å². The van der Waals surface area contributed by atoms with Gasteiger partial charge in [-0.25, -0.2) is 4.98 Å². The molecule has 90 valence electrons. The van der Waals surface area contributed by atoms with Crippen LogP contribution in [0.15, 0.2) is 10.9 Å². The molecule has 0 bridgehead atoms. The molecule has 0 saturated heterocycles. The van der Waals surface area contributed by atoms with Gasteiger partial charge < -0.3 is 5.32 Å². The smallest absolute Gasteiger partial charge is 0.0795 e. The number of rotatable bonds is 5. The van der Waals surface area contributed by atoms with Crippen LogP contribution in [0.25, 0.3) is 0 Å². The van der Waals surface area contributed by atoms with Gasteiger partial charge >= 0.3 is 0 Å². The van der Waals surface area contributed by atoms with Gasteiger partial charge in [-0.3, -0.25) is 0 Å². The lowest BCUT2D eigenvalue weighted by Gasteiger charge is -2.28. The summed E-state index contributed by atoms with van der Waals surface area (Å²) < 4.78 is 0. The summed E-state index contributed by atoms with van der Waals surface area (Å²) >= 11 is 1.68. The van der Waals surface area contributed by atoms with Gasteiger partial charge in [0.05, 0.1) is 11.2 Å². The second kappa shape index (κ2) is 6.36. The molecule has 1 aromatic heterocycles. The third kappa shape index (κ3) is 3.56. The van der Waals surface area contributed by atoms with Gasteiger partial charge in [-0.1, -0.05) is 26.2 Å². The lowest BCUT2D eigenvalue weighted by Crippen LogP contribution is -2.27. The Bertz CT molecular complexity index is 284. The standard InChI is InChI=1S/C13H22N2S/c1-2-11-4-3-5-12(6-11)7-14-8-13-9-16-10-15-13/h9-12,14H,2-8H2,1H3. The Balaban J connectivity index is 1.65. The van der Waals surface area contributed by atoms with Crippen LogP contribution in [-0.2, 0) is 6.54 Å². The zero-order chi connectivity index (χ0) is 11.2. The van der Waals surface area contributed by atoms with E-state index in [0.717, 1.165) is 18.4 Å². The summed E-state index contributed by atoms with van der Waals surface area (Å²) in [6, 6.07) is 0. The van der Waals surface area contributed by atoms with E-state index in [1.165, 1.54) is 44.3 Å². The molecule has 2 rings (SSSR count). The Labute approximate surface area is 102 Å². The van der Waals surface area contributed by atoms with E-state index in [-0.39, 0.29) is 0 Å². The Kier molecular flexibility index (Phi) is 4.79. The first-order chi connectivity index (χ1) is 7.88. The fraction of sp³-hybridized carbons (Fsp3) is 0.769. The lowest BCUT2D eigenvalue weighted by molar-refractivity contribution is 0.253. The van der Waals surface area contributed by atoms with Gasteiger partial charge in [0, 0.05) is 11.9 Å². The van der Waals surface area contributed by atoms with Crippen molar-refractivity contribution in [3.8, 4) is 0 Å². The number of hydrogen-bond acceptors (Lipinski definition) is 3. The summed E-state index contributed by atoms with van der Waals surface area (Å²) in [6.07, 6.45) is 7.10. The van der Waals surface area contributed by atoms with E-state index >= 15 is 0 Å². The predicted octanol–water partition coefficient (Wildman–Crippen LogP) is 3.45. The average Bonchev–Trinajstić information content (AvgIpc) is 2.82. The molecule has 1 aromatic rings. The monoisotopic (exact) mass is 238 g/mol. The lowest BCUT2D eigenvalue weighted by atomic mass is 9.80. The molecule has 2 unspecified atom stereocenters. The summed E-state index contributed by atoms with van der Waals surface area (Å²) in [4.78, 5) is 4.29. The van der Waals surface area contributed by atoms with Gasteiger partial charge in [-0.15, -0.1) is 11.3 Å². The van der Waals surface area contributed by atoms with Crippen LogP contribution in [0.3, 0.4) is 0 Å².